The van der Waals surface area contributed by atoms with Gasteiger partial charge in [0, 0.05) is 44.4 Å². The van der Waals surface area contributed by atoms with E-state index in [1.54, 1.807) is 11.0 Å². The highest BCUT2D eigenvalue weighted by Gasteiger charge is 2.51. The van der Waals surface area contributed by atoms with Gasteiger partial charge in [-0.15, -0.1) is 13.2 Å². The van der Waals surface area contributed by atoms with Gasteiger partial charge in [0.15, 0.2) is 0 Å². The van der Waals surface area contributed by atoms with E-state index in [0.29, 0.717) is 38.3 Å². The standard InChI is InChI=1S/C24H34F3N3O4/c25-24(26,27)34-20-5-1-3-18(15-20)29-11-6-22(33)30(14-13-29)19(17-31)4-2-10-28-12-9-23(7-8-23)21(32)16-28/h1,3,5,15,19,21,31-32H,2,4,6-14,16-17H2/t19-,21-/m1/s1. The van der Waals surface area contributed by atoms with Gasteiger partial charge in [-0.2, -0.15) is 0 Å². The lowest BCUT2D eigenvalue weighted by molar-refractivity contribution is -0.274. The highest BCUT2D eigenvalue weighted by atomic mass is 19.4. The van der Waals surface area contributed by atoms with Crippen LogP contribution in [0.1, 0.15) is 38.5 Å². The van der Waals surface area contributed by atoms with Crippen molar-refractivity contribution in [3.63, 3.8) is 0 Å². The predicted molar refractivity (Wildman–Crippen MR) is 121 cm³/mol. The molecule has 1 amide bonds. The fraction of sp³-hybridized carbons (Fsp3) is 0.708. The van der Waals surface area contributed by atoms with Crippen molar-refractivity contribution in [2.75, 3.05) is 50.8 Å². The van der Waals surface area contributed by atoms with Crippen LogP contribution in [0.15, 0.2) is 24.3 Å². The summed E-state index contributed by atoms with van der Waals surface area (Å²) in [6.07, 6.45) is -0.0268. The molecule has 34 heavy (non-hydrogen) atoms. The van der Waals surface area contributed by atoms with E-state index < -0.39 is 6.36 Å². The number of carbonyl (C=O) groups is 1. The van der Waals surface area contributed by atoms with E-state index in [-0.39, 0.29) is 42.2 Å². The third-order valence-corrected chi connectivity index (χ3v) is 7.56. The van der Waals surface area contributed by atoms with Crippen LogP contribution in [0.25, 0.3) is 0 Å². The number of nitrogens with zero attached hydrogens (tertiary/aromatic N) is 3. The number of aliphatic hydroxyl groups excluding tert-OH is 2. The van der Waals surface area contributed by atoms with Crippen LogP contribution in [0.5, 0.6) is 5.75 Å². The Kier molecular flexibility index (Phi) is 7.59. The molecule has 1 aliphatic carbocycles. The summed E-state index contributed by atoms with van der Waals surface area (Å²) < 4.78 is 41.7. The predicted octanol–water partition coefficient (Wildman–Crippen LogP) is 2.61. The van der Waals surface area contributed by atoms with Crippen molar-refractivity contribution in [1.29, 1.82) is 0 Å². The van der Waals surface area contributed by atoms with E-state index in [1.165, 1.54) is 18.2 Å². The molecule has 0 radical (unpaired) electrons. The van der Waals surface area contributed by atoms with Crippen molar-refractivity contribution in [3.8, 4) is 5.75 Å². The number of piperidine rings is 1. The van der Waals surface area contributed by atoms with E-state index in [4.69, 9.17) is 0 Å². The molecule has 0 unspecified atom stereocenters. The highest BCUT2D eigenvalue weighted by Crippen LogP contribution is 2.53. The summed E-state index contributed by atoms with van der Waals surface area (Å²) >= 11 is 0. The normalized spacial score (nSPS) is 24.3. The third-order valence-electron chi connectivity index (χ3n) is 7.56. The second-order valence-electron chi connectivity index (χ2n) is 9.78. The number of carbonyl (C=O) groups excluding carboxylic acids is 1. The molecule has 2 atom stereocenters. The Morgan fingerprint density at radius 3 is 2.62 bits per heavy atom. The number of hydrogen-bond donors (Lipinski definition) is 2. The minimum absolute atomic E-state index is 0.0617. The van der Waals surface area contributed by atoms with Crippen molar-refractivity contribution in [1.82, 2.24) is 9.80 Å². The summed E-state index contributed by atoms with van der Waals surface area (Å²) in [7, 11) is 0. The molecular formula is C24H34F3N3O4. The number of ether oxygens (including phenoxy) is 1. The van der Waals surface area contributed by atoms with Crippen LogP contribution in [0.3, 0.4) is 0 Å². The average Bonchev–Trinajstić information content (AvgIpc) is 3.58. The molecule has 4 rings (SSSR count). The average molecular weight is 486 g/mol. The van der Waals surface area contributed by atoms with Crippen molar-refractivity contribution in [3.05, 3.63) is 24.3 Å². The van der Waals surface area contributed by atoms with E-state index in [0.717, 1.165) is 38.8 Å². The number of aliphatic hydroxyl groups is 2. The zero-order valence-electron chi connectivity index (χ0n) is 19.3. The molecule has 2 N–H and O–H groups in total. The van der Waals surface area contributed by atoms with Crippen molar-refractivity contribution in [2.45, 2.75) is 57.0 Å². The second kappa shape index (κ2) is 10.3. The Hall–Kier alpha value is -2.04. The summed E-state index contributed by atoms with van der Waals surface area (Å²) in [6, 6.07) is 5.48. The van der Waals surface area contributed by atoms with E-state index in [2.05, 4.69) is 9.64 Å². The largest absolute Gasteiger partial charge is 0.573 e. The van der Waals surface area contributed by atoms with Crippen LogP contribution in [-0.2, 0) is 4.79 Å². The summed E-state index contributed by atoms with van der Waals surface area (Å²) in [5.74, 6) is -0.352. The first-order chi connectivity index (χ1) is 16.2. The van der Waals surface area contributed by atoms with Crippen LogP contribution in [-0.4, -0.2) is 90.3 Å². The van der Waals surface area contributed by atoms with Crippen LogP contribution < -0.4 is 9.64 Å². The van der Waals surface area contributed by atoms with Gasteiger partial charge in [0.2, 0.25) is 5.91 Å². The molecular weight excluding hydrogens is 451 g/mol. The van der Waals surface area contributed by atoms with Gasteiger partial charge < -0.3 is 29.6 Å². The van der Waals surface area contributed by atoms with Gasteiger partial charge in [-0.1, -0.05) is 6.07 Å². The fourth-order valence-corrected chi connectivity index (χ4v) is 5.28. The molecule has 3 fully saturated rings. The fourth-order valence-electron chi connectivity index (χ4n) is 5.28. The molecule has 2 saturated heterocycles. The number of amides is 1. The molecule has 2 heterocycles. The van der Waals surface area contributed by atoms with Gasteiger partial charge in [-0.25, -0.2) is 0 Å². The van der Waals surface area contributed by atoms with Gasteiger partial charge in [0.05, 0.1) is 18.8 Å². The number of likely N-dealkylation sites (tertiary alicyclic amines) is 1. The number of benzene rings is 1. The van der Waals surface area contributed by atoms with Crippen molar-refractivity contribution < 1.29 is 32.9 Å². The Morgan fingerprint density at radius 2 is 1.94 bits per heavy atom. The number of hydrogen-bond acceptors (Lipinski definition) is 6. The van der Waals surface area contributed by atoms with E-state index in [9.17, 15) is 28.2 Å². The maximum Gasteiger partial charge on any atom is 0.573 e. The van der Waals surface area contributed by atoms with Crippen LogP contribution in [0.2, 0.25) is 0 Å². The third kappa shape index (κ3) is 6.14. The number of rotatable bonds is 8. The lowest BCUT2D eigenvalue weighted by Gasteiger charge is -2.37. The van der Waals surface area contributed by atoms with Crippen molar-refractivity contribution >= 4 is 11.6 Å². The highest BCUT2D eigenvalue weighted by molar-refractivity contribution is 5.78. The summed E-state index contributed by atoms with van der Waals surface area (Å²) in [5.41, 5.74) is 0.737. The first-order valence-electron chi connectivity index (χ1n) is 12.1. The second-order valence-corrected chi connectivity index (χ2v) is 9.78. The Bertz CT molecular complexity index is 849. The topological polar surface area (TPSA) is 76.5 Å². The maximum absolute atomic E-state index is 12.8. The van der Waals surface area contributed by atoms with Gasteiger partial charge in [-0.05, 0) is 62.7 Å². The first-order valence-corrected chi connectivity index (χ1v) is 12.1. The Labute approximate surface area is 198 Å². The van der Waals surface area contributed by atoms with Gasteiger partial charge in [0.25, 0.3) is 0 Å². The SMILES string of the molecule is O=C1CCN(c2cccc(OC(F)(F)F)c2)CCN1[C@@H](CO)CCCN1CCC2(CC2)[C@H](O)C1. The van der Waals surface area contributed by atoms with Gasteiger partial charge >= 0.3 is 6.36 Å². The minimum atomic E-state index is -4.76. The lowest BCUT2D eigenvalue weighted by Crippen LogP contribution is -2.46. The smallest absolute Gasteiger partial charge is 0.406 e. The number of halogens is 3. The molecule has 1 saturated carbocycles. The number of alkyl halides is 3. The molecule has 2 aliphatic heterocycles. The monoisotopic (exact) mass is 485 g/mol. The molecule has 1 aromatic rings. The molecule has 1 aromatic carbocycles. The summed E-state index contributed by atoms with van der Waals surface area (Å²) in [6.45, 7) is 3.60. The van der Waals surface area contributed by atoms with E-state index >= 15 is 0 Å². The molecule has 190 valence electrons. The number of anilines is 1. The molecule has 3 aliphatic rings. The Morgan fingerprint density at radius 1 is 1.15 bits per heavy atom. The van der Waals surface area contributed by atoms with Crippen LogP contribution in [0, 0.1) is 5.41 Å². The van der Waals surface area contributed by atoms with Crippen molar-refractivity contribution in [2.24, 2.45) is 5.41 Å². The van der Waals surface area contributed by atoms with E-state index in [1.807, 2.05) is 4.90 Å². The Balaban J connectivity index is 1.29. The molecule has 7 nitrogen and oxygen atoms in total. The molecule has 0 aromatic heterocycles. The first kappa shape index (κ1) is 25.1. The summed E-state index contributed by atoms with van der Waals surface area (Å²) in [5, 5.41) is 20.4. The zero-order chi connectivity index (χ0) is 24.3. The quantitative estimate of drug-likeness (QED) is 0.590. The minimum Gasteiger partial charge on any atom is -0.406 e. The molecule has 1 spiro atoms. The van der Waals surface area contributed by atoms with Crippen LogP contribution >= 0.6 is 0 Å². The molecule has 10 heteroatoms. The van der Waals surface area contributed by atoms with Gasteiger partial charge in [-0.3, -0.25) is 4.79 Å². The zero-order valence-corrected chi connectivity index (χ0v) is 19.3. The van der Waals surface area contributed by atoms with Crippen LogP contribution in [0.4, 0.5) is 18.9 Å². The molecule has 0 bridgehead atoms. The number of β-amino-alcohol motifs (C(OH)–C–C–N with tert-alkyl or cyclic N) is 1. The maximum atomic E-state index is 12.8. The summed E-state index contributed by atoms with van der Waals surface area (Å²) in [4.78, 5) is 18.7. The lowest BCUT2D eigenvalue weighted by atomic mass is 9.90. The van der Waals surface area contributed by atoms with Gasteiger partial charge in [0.1, 0.15) is 5.75 Å².